The number of benzene rings is 1. The van der Waals surface area contributed by atoms with Crippen molar-refractivity contribution in [3.8, 4) is 0 Å². The molecule has 1 aromatic carbocycles. The van der Waals surface area contributed by atoms with Gasteiger partial charge in [0.25, 0.3) is 0 Å². The maximum Gasteiger partial charge on any atom is 0.227 e. The number of ether oxygens (including phenoxy) is 1. The fraction of sp³-hybridized carbons (Fsp3) is 0.529. The molecule has 1 unspecified atom stereocenters. The molecule has 2 fully saturated rings. The summed E-state index contributed by atoms with van der Waals surface area (Å²) in [6.07, 6.45) is 0.172. The lowest BCUT2D eigenvalue weighted by Crippen LogP contribution is -2.42. The summed E-state index contributed by atoms with van der Waals surface area (Å²) in [5.41, 5.74) is 0.486. The van der Waals surface area contributed by atoms with Gasteiger partial charge in [0.15, 0.2) is 0 Å². The summed E-state index contributed by atoms with van der Waals surface area (Å²) >= 11 is 12.4. The lowest BCUT2D eigenvalue weighted by Gasteiger charge is -2.26. The van der Waals surface area contributed by atoms with E-state index in [0.29, 0.717) is 28.8 Å². The third kappa shape index (κ3) is 4.44. The first-order valence-corrected chi connectivity index (χ1v) is 9.14. The number of amides is 2. The highest BCUT2D eigenvalue weighted by molar-refractivity contribution is 6.40. The normalized spacial score (nSPS) is 21.6. The van der Waals surface area contributed by atoms with E-state index in [9.17, 15) is 9.59 Å². The Morgan fingerprint density at radius 2 is 1.92 bits per heavy atom. The van der Waals surface area contributed by atoms with Crippen LogP contribution in [0.2, 0.25) is 10.0 Å². The van der Waals surface area contributed by atoms with E-state index >= 15 is 0 Å². The quantitative estimate of drug-likeness (QED) is 0.839. The van der Waals surface area contributed by atoms with Crippen molar-refractivity contribution in [2.24, 2.45) is 5.92 Å². The third-order valence-corrected chi connectivity index (χ3v) is 5.14. The van der Waals surface area contributed by atoms with Crippen LogP contribution in [0.25, 0.3) is 0 Å². The van der Waals surface area contributed by atoms with E-state index in [2.05, 4.69) is 10.2 Å². The lowest BCUT2D eigenvalue weighted by molar-refractivity contribution is -0.126. The number of carbonyl (C=O) groups excluding carboxylic acids is 2. The predicted molar refractivity (Wildman–Crippen MR) is 97.2 cm³/mol. The highest BCUT2D eigenvalue weighted by atomic mass is 35.5. The SMILES string of the molecule is O=C(NCCN1CCOCC1)C1CC(=O)N(c2c(Cl)cccc2Cl)C1. The number of rotatable bonds is 5. The minimum atomic E-state index is -0.385. The van der Waals surface area contributed by atoms with Crippen LogP contribution in [0, 0.1) is 5.92 Å². The zero-order chi connectivity index (χ0) is 17.8. The highest BCUT2D eigenvalue weighted by Gasteiger charge is 2.36. The summed E-state index contributed by atoms with van der Waals surface area (Å²) in [7, 11) is 0. The number of nitrogens with one attached hydrogen (secondary N) is 1. The number of anilines is 1. The number of halogens is 2. The highest BCUT2D eigenvalue weighted by Crippen LogP contribution is 2.37. The molecular formula is C17H21Cl2N3O3. The van der Waals surface area contributed by atoms with Gasteiger partial charge in [0, 0.05) is 39.1 Å². The molecule has 3 rings (SSSR count). The Morgan fingerprint density at radius 1 is 1.24 bits per heavy atom. The fourth-order valence-corrected chi connectivity index (χ4v) is 3.75. The Labute approximate surface area is 157 Å². The van der Waals surface area contributed by atoms with Gasteiger partial charge in [-0.05, 0) is 12.1 Å². The average molecular weight is 386 g/mol. The maximum absolute atomic E-state index is 12.4. The van der Waals surface area contributed by atoms with Gasteiger partial charge in [-0.25, -0.2) is 0 Å². The number of hydrogen-bond donors (Lipinski definition) is 1. The van der Waals surface area contributed by atoms with E-state index in [1.165, 1.54) is 4.90 Å². The summed E-state index contributed by atoms with van der Waals surface area (Å²) in [4.78, 5) is 28.5. The number of carbonyl (C=O) groups is 2. The number of nitrogens with zero attached hydrogens (tertiary/aromatic N) is 2. The van der Waals surface area contributed by atoms with E-state index in [4.69, 9.17) is 27.9 Å². The Balaban J connectivity index is 1.54. The first-order valence-electron chi connectivity index (χ1n) is 8.38. The molecule has 6 nitrogen and oxygen atoms in total. The topological polar surface area (TPSA) is 61.9 Å². The van der Waals surface area contributed by atoms with Gasteiger partial charge in [-0.2, -0.15) is 0 Å². The Bertz CT molecular complexity index is 630. The van der Waals surface area contributed by atoms with Crippen molar-refractivity contribution < 1.29 is 14.3 Å². The van der Waals surface area contributed by atoms with Crippen molar-refractivity contribution in [1.29, 1.82) is 0 Å². The van der Waals surface area contributed by atoms with Gasteiger partial charge in [0.1, 0.15) is 0 Å². The summed E-state index contributed by atoms with van der Waals surface area (Å²) in [6.45, 7) is 4.89. The van der Waals surface area contributed by atoms with Gasteiger partial charge in [-0.1, -0.05) is 29.3 Å². The Morgan fingerprint density at radius 3 is 2.60 bits per heavy atom. The molecule has 2 amide bonds. The van der Waals surface area contributed by atoms with E-state index in [1.807, 2.05) is 0 Å². The number of morpholine rings is 1. The van der Waals surface area contributed by atoms with Gasteiger partial charge in [0.2, 0.25) is 11.8 Å². The molecule has 0 saturated carbocycles. The standard InChI is InChI=1S/C17H21Cl2N3O3/c18-13-2-1-3-14(19)16(13)22-11-12(10-15(22)23)17(24)20-4-5-21-6-8-25-9-7-21/h1-3,12H,4-11H2,(H,20,24). The summed E-state index contributed by atoms with van der Waals surface area (Å²) in [5, 5.41) is 3.75. The largest absolute Gasteiger partial charge is 0.379 e. The van der Waals surface area contributed by atoms with E-state index in [0.717, 1.165) is 32.8 Å². The van der Waals surface area contributed by atoms with Crippen molar-refractivity contribution in [3.63, 3.8) is 0 Å². The van der Waals surface area contributed by atoms with E-state index in [-0.39, 0.29) is 24.2 Å². The van der Waals surface area contributed by atoms with Crippen LogP contribution in [-0.4, -0.2) is 62.7 Å². The lowest BCUT2D eigenvalue weighted by atomic mass is 10.1. The number of para-hydroxylation sites is 1. The van der Waals surface area contributed by atoms with Crippen LogP contribution in [0.4, 0.5) is 5.69 Å². The summed E-state index contributed by atoms with van der Waals surface area (Å²) in [5.74, 6) is -0.625. The van der Waals surface area contributed by atoms with Crippen LogP contribution < -0.4 is 10.2 Å². The zero-order valence-corrected chi connectivity index (χ0v) is 15.4. The van der Waals surface area contributed by atoms with Crippen LogP contribution in [0.3, 0.4) is 0 Å². The second kappa shape index (κ2) is 8.36. The van der Waals surface area contributed by atoms with Gasteiger partial charge >= 0.3 is 0 Å². The fourth-order valence-electron chi connectivity index (χ4n) is 3.15. The van der Waals surface area contributed by atoms with Crippen LogP contribution in [-0.2, 0) is 14.3 Å². The molecule has 1 N–H and O–H groups in total. The van der Waals surface area contributed by atoms with Crippen LogP contribution in [0.15, 0.2) is 18.2 Å². The molecule has 0 bridgehead atoms. The minimum absolute atomic E-state index is 0.104. The molecule has 2 aliphatic heterocycles. The second-order valence-corrected chi connectivity index (χ2v) is 7.04. The number of hydrogen-bond acceptors (Lipinski definition) is 4. The molecular weight excluding hydrogens is 365 g/mol. The monoisotopic (exact) mass is 385 g/mol. The van der Waals surface area contributed by atoms with Crippen molar-refractivity contribution in [3.05, 3.63) is 28.2 Å². The zero-order valence-electron chi connectivity index (χ0n) is 13.8. The average Bonchev–Trinajstić information content (AvgIpc) is 2.97. The van der Waals surface area contributed by atoms with Crippen LogP contribution in [0.1, 0.15) is 6.42 Å². The predicted octanol–water partition coefficient (Wildman–Crippen LogP) is 1.79. The molecule has 25 heavy (non-hydrogen) atoms. The van der Waals surface area contributed by atoms with Gasteiger partial charge in [-0.3, -0.25) is 14.5 Å². The maximum atomic E-state index is 12.4. The van der Waals surface area contributed by atoms with Gasteiger partial charge in [0.05, 0.1) is 34.9 Å². The Kier molecular flexibility index (Phi) is 6.17. The molecule has 2 saturated heterocycles. The van der Waals surface area contributed by atoms with Crippen LogP contribution in [0.5, 0.6) is 0 Å². The molecule has 1 aromatic rings. The van der Waals surface area contributed by atoms with Crippen molar-refractivity contribution in [2.45, 2.75) is 6.42 Å². The van der Waals surface area contributed by atoms with E-state index in [1.54, 1.807) is 18.2 Å². The molecule has 0 aliphatic carbocycles. The molecule has 136 valence electrons. The summed E-state index contributed by atoms with van der Waals surface area (Å²) in [6, 6.07) is 5.10. The first kappa shape index (κ1) is 18.5. The molecule has 0 radical (unpaired) electrons. The van der Waals surface area contributed by atoms with Crippen molar-refractivity contribution in [1.82, 2.24) is 10.2 Å². The Hall–Kier alpha value is -1.34. The summed E-state index contributed by atoms with van der Waals surface area (Å²) < 4.78 is 5.30. The van der Waals surface area contributed by atoms with Gasteiger partial charge in [-0.15, -0.1) is 0 Å². The molecule has 2 aliphatic rings. The van der Waals surface area contributed by atoms with Crippen molar-refractivity contribution in [2.75, 3.05) is 50.8 Å². The first-order chi connectivity index (χ1) is 12.1. The smallest absolute Gasteiger partial charge is 0.227 e. The van der Waals surface area contributed by atoms with Crippen LogP contribution >= 0.6 is 23.2 Å². The molecule has 0 spiro atoms. The molecule has 2 heterocycles. The van der Waals surface area contributed by atoms with Gasteiger partial charge < -0.3 is 15.0 Å². The minimum Gasteiger partial charge on any atom is -0.379 e. The van der Waals surface area contributed by atoms with E-state index < -0.39 is 0 Å². The third-order valence-electron chi connectivity index (χ3n) is 4.53. The van der Waals surface area contributed by atoms with Crippen molar-refractivity contribution >= 4 is 40.7 Å². The molecule has 1 atom stereocenters. The second-order valence-electron chi connectivity index (χ2n) is 6.22. The molecule has 0 aromatic heterocycles. The molecule has 8 heteroatoms.